The summed E-state index contributed by atoms with van der Waals surface area (Å²) in [6.07, 6.45) is 3.48. The fraction of sp³-hybridized carbons (Fsp3) is 0.333. The molecule has 0 radical (unpaired) electrons. The maximum Gasteiger partial charge on any atom is 0.331 e. The smallest absolute Gasteiger partial charge is 0.331 e. The first kappa shape index (κ1) is 19.8. The first-order valence-corrected chi connectivity index (χ1v) is 9.62. The van der Waals surface area contributed by atoms with Gasteiger partial charge in [-0.2, -0.15) is 0 Å². The van der Waals surface area contributed by atoms with Crippen LogP contribution in [0.5, 0.6) is 0 Å². The van der Waals surface area contributed by atoms with Gasteiger partial charge in [0.05, 0.1) is 6.20 Å². The van der Waals surface area contributed by atoms with Gasteiger partial charge in [-0.1, -0.05) is 12.1 Å². The van der Waals surface area contributed by atoms with E-state index in [0.29, 0.717) is 31.0 Å². The lowest BCUT2D eigenvalue weighted by Gasteiger charge is -2.23. The van der Waals surface area contributed by atoms with Crippen molar-refractivity contribution in [2.75, 3.05) is 6.54 Å². The molecule has 1 aliphatic heterocycles. The second-order valence-corrected chi connectivity index (χ2v) is 7.39. The molecule has 1 amide bonds. The van der Waals surface area contributed by atoms with Crippen LogP contribution in [-0.2, 0) is 20.5 Å². The Morgan fingerprint density at radius 2 is 1.93 bits per heavy atom. The summed E-state index contributed by atoms with van der Waals surface area (Å²) in [5.74, 6) is 0.305. The average Bonchev–Trinajstić information content (AvgIpc) is 3.39. The predicted molar refractivity (Wildman–Crippen MR) is 106 cm³/mol. The van der Waals surface area contributed by atoms with Crippen molar-refractivity contribution in [2.24, 2.45) is 14.1 Å². The number of hydrogen-bond donors (Lipinski definition) is 0. The summed E-state index contributed by atoms with van der Waals surface area (Å²) in [5.41, 5.74) is -0.170. The molecule has 3 heterocycles. The second-order valence-electron chi connectivity index (χ2n) is 7.39. The van der Waals surface area contributed by atoms with Gasteiger partial charge in [-0.15, -0.1) is 0 Å². The van der Waals surface area contributed by atoms with Gasteiger partial charge in [-0.05, 0) is 30.5 Å². The van der Waals surface area contributed by atoms with E-state index in [4.69, 9.17) is 4.42 Å². The molecule has 1 saturated heterocycles. The monoisotopic (exact) mass is 412 g/mol. The Bertz CT molecular complexity index is 1210. The number of likely N-dealkylation sites (tertiary alicyclic amines) is 1. The number of benzene rings is 1. The van der Waals surface area contributed by atoms with Crippen molar-refractivity contribution in [3.05, 3.63) is 86.1 Å². The summed E-state index contributed by atoms with van der Waals surface area (Å²) < 4.78 is 21.1. The van der Waals surface area contributed by atoms with Crippen LogP contribution in [0.2, 0.25) is 0 Å². The molecule has 30 heavy (non-hydrogen) atoms. The van der Waals surface area contributed by atoms with Gasteiger partial charge in [0.2, 0.25) is 5.89 Å². The Hall–Kier alpha value is -3.49. The van der Waals surface area contributed by atoms with E-state index in [0.717, 1.165) is 16.6 Å². The van der Waals surface area contributed by atoms with E-state index in [1.54, 1.807) is 23.2 Å². The molecule has 0 spiro atoms. The van der Waals surface area contributed by atoms with E-state index in [1.807, 2.05) is 0 Å². The van der Waals surface area contributed by atoms with E-state index >= 15 is 0 Å². The number of oxazole rings is 1. The Morgan fingerprint density at radius 3 is 2.67 bits per heavy atom. The predicted octanol–water partition coefficient (Wildman–Crippen LogP) is 1.78. The molecule has 1 aromatic carbocycles. The molecule has 1 atom stereocenters. The molecule has 0 aliphatic carbocycles. The lowest BCUT2D eigenvalue weighted by atomic mass is 10.1. The number of rotatable bonds is 4. The van der Waals surface area contributed by atoms with Gasteiger partial charge in [0.25, 0.3) is 11.5 Å². The highest BCUT2D eigenvalue weighted by Gasteiger charge is 2.35. The summed E-state index contributed by atoms with van der Waals surface area (Å²) in [5, 5.41) is 0. The van der Waals surface area contributed by atoms with Crippen molar-refractivity contribution in [1.29, 1.82) is 0 Å². The molecular weight excluding hydrogens is 391 g/mol. The average molecular weight is 412 g/mol. The first-order chi connectivity index (χ1) is 14.3. The zero-order valence-electron chi connectivity index (χ0n) is 16.7. The molecule has 2 aromatic heterocycles. The van der Waals surface area contributed by atoms with Gasteiger partial charge in [-0.25, -0.2) is 14.2 Å². The topological polar surface area (TPSA) is 90.3 Å². The molecule has 0 unspecified atom stereocenters. The zero-order chi connectivity index (χ0) is 21.4. The van der Waals surface area contributed by atoms with Crippen LogP contribution in [0.25, 0.3) is 0 Å². The van der Waals surface area contributed by atoms with Crippen LogP contribution in [0.4, 0.5) is 4.39 Å². The van der Waals surface area contributed by atoms with Crippen molar-refractivity contribution in [2.45, 2.75) is 25.3 Å². The molecule has 1 fully saturated rings. The minimum Gasteiger partial charge on any atom is -0.443 e. The summed E-state index contributed by atoms with van der Waals surface area (Å²) in [4.78, 5) is 43.2. The number of nitrogens with zero attached hydrogens (tertiary/aromatic N) is 4. The number of amides is 1. The van der Waals surface area contributed by atoms with Crippen molar-refractivity contribution >= 4 is 5.91 Å². The van der Waals surface area contributed by atoms with E-state index in [-0.39, 0.29) is 17.6 Å². The molecule has 0 bridgehead atoms. The Labute approximate surface area is 171 Å². The molecule has 9 heteroatoms. The van der Waals surface area contributed by atoms with Crippen LogP contribution in [0.15, 0.2) is 50.5 Å². The Kier molecular flexibility index (Phi) is 5.11. The summed E-state index contributed by atoms with van der Waals surface area (Å²) in [7, 11) is 2.83. The lowest BCUT2D eigenvalue weighted by molar-refractivity contribution is 0.0702. The largest absolute Gasteiger partial charge is 0.443 e. The van der Waals surface area contributed by atoms with Crippen molar-refractivity contribution in [1.82, 2.24) is 19.0 Å². The highest BCUT2D eigenvalue weighted by Crippen LogP contribution is 2.32. The quantitative estimate of drug-likeness (QED) is 0.652. The first-order valence-electron chi connectivity index (χ1n) is 9.62. The van der Waals surface area contributed by atoms with Crippen LogP contribution in [0.1, 0.15) is 46.6 Å². The summed E-state index contributed by atoms with van der Waals surface area (Å²) >= 11 is 0. The lowest BCUT2D eigenvalue weighted by Crippen LogP contribution is -2.42. The highest BCUT2D eigenvalue weighted by molar-refractivity contribution is 5.92. The van der Waals surface area contributed by atoms with Crippen LogP contribution >= 0.6 is 0 Å². The van der Waals surface area contributed by atoms with Gasteiger partial charge in [0, 0.05) is 33.1 Å². The third-order valence-electron chi connectivity index (χ3n) is 5.41. The van der Waals surface area contributed by atoms with Gasteiger partial charge in [0.15, 0.2) is 0 Å². The van der Waals surface area contributed by atoms with Gasteiger partial charge < -0.3 is 9.32 Å². The molecule has 1 aliphatic rings. The molecule has 0 N–H and O–H groups in total. The summed E-state index contributed by atoms with van der Waals surface area (Å²) in [6, 6.07) is 6.93. The normalized spacial score (nSPS) is 16.2. The van der Waals surface area contributed by atoms with E-state index in [2.05, 4.69) is 4.98 Å². The molecule has 8 nitrogen and oxygen atoms in total. The number of aromatic nitrogens is 3. The molecule has 3 aromatic rings. The number of halogens is 1. The van der Waals surface area contributed by atoms with E-state index < -0.39 is 17.2 Å². The van der Waals surface area contributed by atoms with Crippen LogP contribution < -0.4 is 11.2 Å². The van der Waals surface area contributed by atoms with Gasteiger partial charge >= 0.3 is 5.69 Å². The van der Waals surface area contributed by atoms with Gasteiger partial charge in [0.1, 0.15) is 23.3 Å². The number of carbonyl (C=O) groups excluding carboxylic acids is 1. The Balaban J connectivity index is 1.58. The Morgan fingerprint density at radius 1 is 1.20 bits per heavy atom. The maximum absolute atomic E-state index is 13.1. The molecule has 156 valence electrons. The minimum atomic E-state index is -0.556. The van der Waals surface area contributed by atoms with Crippen LogP contribution in [0.3, 0.4) is 0 Å². The number of hydrogen-bond acceptors (Lipinski definition) is 5. The number of carbonyl (C=O) groups is 1. The highest BCUT2D eigenvalue weighted by atomic mass is 19.1. The fourth-order valence-corrected chi connectivity index (χ4v) is 3.71. The maximum atomic E-state index is 13.1. The second kappa shape index (κ2) is 7.74. The van der Waals surface area contributed by atoms with Crippen molar-refractivity contribution in [3.8, 4) is 0 Å². The zero-order valence-corrected chi connectivity index (χ0v) is 16.7. The van der Waals surface area contributed by atoms with Gasteiger partial charge in [-0.3, -0.25) is 18.7 Å². The van der Waals surface area contributed by atoms with Crippen LogP contribution in [0, 0.1) is 5.82 Å². The van der Waals surface area contributed by atoms with Crippen molar-refractivity contribution in [3.63, 3.8) is 0 Å². The minimum absolute atomic E-state index is 0.0353. The molecular formula is C21H21FN4O4. The van der Waals surface area contributed by atoms with Crippen LogP contribution in [-0.4, -0.2) is 31.5 Å². The van der Waals surface area contributed by atoms with E-state index in [9.17, 15) is 18.8 Å². The molecule has 4 rings (SSSR count). The molecule has 0 saturated carbocycles. The van der Waals surface area contributed by atoms with E-state index in [1.165, 1.54) is 36.9 Å². The summed E-state index contributed by atoms with van der Waals surface area (Å²) in [6.45, 7) is 0.475. The standard InChI is InChI=1S/C21H21FN4O4/c1-24-17(11-18(27)25(2)21(24)29)20(28)26-9-3-4-16(26)19-23-12-15(30-19)10-13-5-7-14(22)8-6-13/h5-8,11-12,16H,3-4,9-10H2,1-2H3/t16-/m1/s1. The fourth-order valence-electron chi connectivity index (χ4n) is 3.71. The SMILES string of the molecule is Cn1c(C(=O)N2CCC[C@@H]2c2ncc(Cc3ccc(F)cc3)o2)cc(=O)n(C)c1=O. The third-order valence-corrected chi connectivity index (χ3v) is 5.41. The third kappa shape index (κ3) is 3.58. The van der Waals surface area contributed by atoms with Crippen molar-refractivity contribution < 1.29 is 13.6 Å².